The summed E-state index contributed by atoms with van der Waals surface area (Å²) in [6.45, 7) is 1.93. The first-order valence-corrected chi connectivity index (χ1v) is 8.12. The van der Waals surface area contributed by atoms with Crippen LogP contribution in [0.15, 0.2) is 42.5 Å². The lowest BCUT2D eigenvalue weighted by Gasteiger charge is -2.09. The van der Waals surface area contributed by atoms with Gasteiger partial charge in [0.05, 0.1) is 5.69 Å². The van der Waals surface area contributed by atoms with Crippen LogP contribution >= 0.6 is 0 Å². The molecular formula is C19H17F3N4O. The van der Waals surface area contributed by atoms with Gasteiger partial charge in [-0.2, -0.15) is 18.3 Å². The van der Waals surface area contributed by atoms with Gasteiger partial charge in [0.2, 0.25) is 0 Å². The van der Waals surface area contributed by atoms with Crippen LogP contribution in [0.2, 0.25) is 0 Å². The molecule has 5 nitrogen and oxygen atoms in total. The fraction of sp³-hybridized carbons (Fsp3) is 0.211. The Bertz CT molecular complexity index is 991. The first kappa shape index (κ1) is 18.6. The summed E-state index contributed by atoms with van der Waals surface area (Å²) in [5.41, 5.74) is 6.93. The van der Waals surface area contributed by atoms with E-state index in [-0.39, 0.29) is 35.0 Å². The number of aromatic nitrogens is 3. The summed E-state index contributed by atoms with van der Waals surface area (Å²) in [5, 5.41) is 3.50. The average molecular weight is 374 g/mol. The van der Waals surface area contributed by atoms with Gasteiger partial charge in [0.1, 0.15) is 11.5 Å². The summed E-state index contributed by atoms with van der Waals surface area (Å²) < 4.78 is 40.0. The fourth-order valence-electron chi connectivity index (χ4n) is 2.73. The zero-order chi connectivity index (χ0) is 19.8. The number of alkyl halides is 3. The summed E-state index contributed by atoms with van der Waals surface area (Å²) in [4.78, 5) is 16.9. The molecule has 0 aliphatic rings. The Morgan fingerprint density at radius 1 is 1.15 bits per heavy atom. The quantitative estimate of drug-likeness (QED) is 0.705. The Balaban J connectivity index is 2.02. The second-order valence-corrected chi connectivity index (χ2v) is 6.25. The molecule has 8 heteroatoms. The Hall–Kier alpha value is -3.16. The number of aryl methyl sites for hydroxylation is 2. The van der Waals surface area contributed by atoms with Crippen molar-refractivity contribution >= 4 is 11.6 Å². The third kappa shape index (κ3) is 3.99. The molecule has 0 spiro atoms. The number of Topliss-reactive ketones (excluding diaryl/α,β-unsaturated/α-hetero) is 1. The first-order valence-electron chi connectivity index (χ1n) is 8.12. The predicted octanol–water partition coefficient (Wildman–Crippen LogP) is 3.82. The van der Waals surface area contributed by atoms with Gasteiger partial charge in [0.15, 0.2) is 11.5 Å². The number of ketones is 1. The second kappa shape index (κ2) is 6.86. The van der Waals surface area contributed by atoms with Crippen LogP contribution < -0.4 is 5.73 Å². The standard InChI is InChI=1S/C19H17F3N4O/c1-11-3-5-12(6-4-11)9-15(27)18-13(7-8-17(23)24-18)14-10-16(19(20,21)22)25-26(14)2/h3-8,10H,9H2,1-2H3,(H2,23,24). The number of carbonyl (C=O) groups excluding carboxylic acids is 1. The third-order valence-electron chi connectivity index (χ3n) is 4.11. The van der Waals surface area contributed by atoms with Gasteiger partial charge < -0.3 is 5.73 Å². The van der Waals surface area contributed by atoms with Crippen LogP contribution in [0.1, 0.15) is 27.3 Å². The highest BCUT2D eigenvalue weighted by Crippen LogP contribution is 2.32. The van der Waals surface area contributed by atoms with Crippen molar-refractivity contribution in [1.82, 2.24) is 14.8 Å². The Labute approximate surface area is 153 Å². The van der Waals surface area contributed by atoms with E-state index in [0.29, 0.717) is 0 Å². The van der Waals surface area contributed by atoms with Crippen molar-refractivity contribution in [2.24, 2.45) is 7.05 Å². The summed E-state index contributed by atoms with van der Waals surface area (Å²) in [7, 11) is 1.38. The highest BCUT2D eigenvalue weighted by Gasteiger charge is 2.35. The van der Waals surface area contributed by atoms with Crippen molar-refractivity contribution in [2.45, 2.75) is 19.5 Å². The maximum Gasteiger partial charge on any atom is 0.435 e. The van der Waals surface area contributed by atoms with Gasteiger partial charge in [0.25, 0.3) is 0 Å². The topological polar surface area (TPSA) is 73.8 Å². The van der Waals surface area contributed by atoms with Gasteiger partial charge in [-0.1, -0.05) is 29.8 Å². The van der Waals surface area contributed by atoms with E-state index in [0.717, 1.165) is 21.9 Å². The summed E-state index contributed by atoms with van der Waals surface area (Å²) in [6.07, 6.45) is -4.52. The third-order valence-corrected chi connectivity index (χ3v) is 4.11. The van der Waals surface area contributed by atoms with Gasteiger partial charge in [-0.3, -0.25) is 9.48 Å². The fourth-order valence-corrected chi connectivity index (χ4v) is 2.73. The van der Waals surface area contributed by atoms with E-state index in [1.807, 2.05) is 31.2 Å². The maximum absolute atomic E-state index is 13.0. The number of hydrogen-bond donors (Lipinski definition) is 1. The number of nitrogen functional groups attached to an aromatic ring is 1. The van der Waals surface area contributed by atoms with Crippen molar-refractivity contribution < 1.29 is 18.0 Å². The molecule has 2 heterocycles. The van der Waals surface area contributed by atoms with E-state index >= 15 is 0 Å². The van der Waals surface area contributed by atoms with Crippen molar-refractivity contribution in [3.63, 3.8) is 0 Å². The molecular weight excluding hydrogens is 357 g/mol. The molecule has 0 atom stereocenters. The molecule has 0 bridgehead atoms. The Kier molecular flexibility index (Phi) is 4.73. The molecule has 2 aromatic heterocycles. The van der Waals surface area contributed by atoms with E-state index < -0.39 is 11.9 Å². The molecule has 3 rings (SSSR count). The van der Waals surface area contributed by atoms with Crippen molar-refractivity contribution in [3.8, 4) is 11.3 Å². The van der Waals surface area contributed by atoms with Crippen LogP contribution in [0.5, 0.6) is 0 Å². The van der Waals surface area contributed by atoms with Crippen LogP contribution in [0, 0.1) is 6.92 Å². The average Bonchev–Trinajstić information content (AvgIpc) is 2.99. The summed E-state index contributed by atoms with van der Waals surface area (Å²) >= 11 is 0. The molecule has 0 radical (unpaired) electrons. The monoisotopic (exact) mass is 374 g/mol. The molecule has 27 heavy (non-hydrogen) atoms. The molecule has 2 N–H and O–H groups in total. The number of nitrogens with two attached hydrogens (primary N) is 1. The molecule has 3 aromatic rings. The molecule has 0 aliphatic heterocycles. The lowest BCUT2D eigenvalue weighted by atomic mass is 10.0. The molecule has 0 unspecified atom stereocenters. The van der Waals surface area contributed by atoms with E-state index in [2.05, 4.69) is 10.1 Å². The van der Waals surface area contributed by atoms with Gasteiger partial charge >= 0.3 is 6.18 Å². The largest absolute Gasteiger partial charge is 0.435 e. The van der Waals surface area contributed by atoms with E-state index in [1.165, 1.54) is 19.2 Å². The molecule has 1 aromatic carbocycles. The Morgan fingerprint density at radius 3 is 2.41 bits per heavy atom. The molecule has 0 fully saturated rings. The predicted molar refractivity (Wildman–Crippen MR) is 95.1 cm³/mol. The van der Waals surface area contributed by atoms with Crippen molar-refractivity contribution in [3.05, 3.63) is 65.0 Å². The molecule has 140 valence electrons. The lowest BCUT2D eigenvalue weighted by Crippen LogP contribution is -2.11. The number of carbonyl (C=O) groups is 1. The number of rotatable bonds is 4. The zero-order valence-electron chi connectivity index (χ0n) is 14.7. The van der Waals surface area contributed by atoms with Crippen LogP contribution in [0.4, 0.5) is 19.0 Å². The highest BCUT2D eigenvalue weighted by atomic mass is 19.4. The number of anilines is 1. The maximum atomic E-state index is 13.0. The van der Waals surface area contributed by atoms with Gasteiger partial charge in [-0.05, 0) is 30.7 Å². The van der Waals surface area contributed by atoms with Crippen LogP contribution in [-0.4, -0.2) is 20.5 Å². The highest BCUT2D eigenvalue weighted by molar-refractivity contribution is 6.01. The first-order chi connectivity index (χ1) is 12.6. The number of hydrogen-bond acceptors (Lipinski definition) is 4. The van der Waals surface area contributed by atoms with Crippen molar-refractivity contribution in [1.29, 1.82) is 0 Å². The summed E-state index contributed by atoms with van der Waals surface area (Å²) in [6, 6.07) is 11.2. The van der Waals surface area contributed by atoms with Crippen LogP contribution in [0.25, 0.3) is 11.3 Å². The SMILES string of the molecule is Cc1ccc(CC(=O)c2nc(N)ccc2-c2cc(C(F)(F)F)nn2C)cc1. The Morgan fingerprint density at radius 2 is 1.81 bits per heavy atom. The second-order valence-electron chi connectivity index (χ2n) is 6.25. The van der Waals surface area contributed by atoms with Crippen LogP contribution in [0.3, 0.4) is 0 Å². The van der Waals surface area contributed by atoms with E-state index in [4.69, 9.17) is 5.73 Å². The van der Waals surface area contributed by atoms with Gasteiger partial charge in [-0.15, -0.1) is 0 Å². The smallest absolute Gasteiger partial charge is 0.384 e. The molecule has 0 saturated carbocycles. The molecule has 0 aliphatic carbocycles. The van der Waals surface area contributed by atoms with Crippen molar-refractivity contribution in [2.75, 3.05) is 5.73 Å². The molecule has 0 amide bonds. The lowest BCUT2D eigenvalue weighted by molar-refractivity contribution is -0.141. The number of halogens is 3. The normalized spacial score (nSPS) is 11.6. The summed E-state index contributed by atoms with van der Waals surface area (Å²) in [5.74, 6) is -0.222. The van der Waals surface area contributed by atoms with Gasteiger partial charge in [0, 0.05) is 19.0 Å². The minimum Gasteiger partial charge on any atom is -0.384 e. The van der Waals surface area contributed by atoms with Gasteiger partial charge in [-0.25, -0.2) is 4.98 Å². The van der Waals surface area contributed by atoms with E-state index in [9.17, 15) is 18.0 Å². The number of pyridine rings is 1. The molecule has 0 saturated heterocycles. The minimum atomic E-state index is -4.58. The van der Waals surface area contributed by atoms with Crippen LogP contribution in [-0.2, 0) is 19.6 Å². The zero-order valence-corrected chi connectivity index (χ0v) is 14.7. The van der Waals surface area contributed by atoms with E-state index in [1.54, 1.807) is 0 Å². The number of benzene rings is 1. The minimum absolute atomic E-state index is 0.0206. The number of nitrogens with zero attached hydrogens (tertiary/aromatic N) is 3.